The molecular weight excluding hydrogens is 270 g/mol. The number of hydrogen-bond acceptors (Lipinski definition) is 7. The van der Waals surface area contributed by atoms with Gasteiger partial charge in [-0.3, -0.25) is 0 Å². The lowest BCUT2D eigenvalue weighted by molar-refractivity contribution is -0.0425. The molecule has 2 N–H and O–H groups in total. The highest BCUT2D eigenvalue weighted by atomic mass is 35.5. The first-order valence-corrected chi connectivity index (χ1v) is 6.67. The summed E-state index contributed by atoms with van der Waals surface area (Å²) < 4.78 is 5.58. The third kappa shape index (κ3) is 3.65. The summed E-state index contributed by atoms with van der Waals surface area (Å²) in [5.74, 6) is 0.960. The van der Waals surface area contributed by atoms with Gasteiger partial charge in [0.25, 0.3) is 0 Å². The maximum Gasteiger partial charge on any atom is 0.231 e. The largest absolute Gasteiger partial charge is 0.394 e. The number of aliphatic hydroxyl groups excluding tert-OH is 1. The van der Waals surface area contributed by atoms with Gasteiger partial charge in [0.2, 0.25) is 17.2 Å². The van der Waals surface area contributed by atoms with Crippen LogP contribution >= 0.6 is 11.6 Å². The van der Waals surface area contributed by atoms with Gasteiger partial charge in [-0.15, -0.1) is 0 Å². The Morgan fingerprint density at radius 2 is 2.21 bits per heavy atom. The number of nitrogens with zero attached hydrogens (tertiary/aromatic N) is 4. The van der Waals surface area contributed by atoms with E-state index in [1.165, 1.54) is 0 Å². The normalized spacial score (nSPS) is 23.5. The van der Waals surface area contributed by atoms with Crippen molar-refractivity contribution in [2.45, 2.75) is 26.1 Å². The Kier molecular flexibility index (Phi) is 4.73. The SMILES string of the molecule is CCNc1nc(Cl)nc(N2CC(C)OC(CO)C2)n1. The van der Waals surface area contributed by atoms with E-state index < -0.39 is 0 Å². The van der Waals surface area contributed by atoms with Crippen molar-refractivity contribution in [1.82, 2.24) is 15.0 Å². The molecule has 7 nitrogen and oxygen atoms in total. The molecule has 2 atom stereocenters. The summed E-state index contributed by atoms with van der Waals surface area (Å²) >= 11 is 5.90. The van der Waals surface area contributed by atoms with E-state index in [0.717, 1.165) is 0 Å². The molecule has 0 amide bonds. The minimum Gasteiger partial charge on any atom is -0.394 e. The van der Waals surface area contributed by atoms with Crippen LogP contribution in [0.5, 0.6) is 0 Å². The number of aromatic nitrogens is 3. The van der Waals surface area contributed by atoms with Gasteiger partial charge in [-0.2, -0.15) is 15.0 Å². The smallest absolute Gasteiger partial charge is 0.231 e. The van der Waals surface area contributed by atoms with E-state index in [9.17, 15) is 5.11 Å². The van der Waals surface area contributed by atoms with Gasteiger partial charge in [0.15, 0.2) is 0 Å². The van der Waals surface area contributed by atoms with Gasteiger partial charge in [-0.25, -0.2) is 0 Å². The van der Waals surface area contributed by atoms with Gasteiger partial charge < -0.3 is 20.1 Å². The molecule has 0 bridgehead atoms. The first-order chi connectivity index (χ1) is 9.12. The van der Waals surface area contributed by atoms with Crippen LogP contribution in [-0.4, -0.2) is 58.5 Å². The molecule has 2 rings (SSSR count). The van der Waals surface area contributed by atoms with Gasteiger partial charge >= 0.3 is 0 Å². The maximum atomic E-state index is 9.22. The molecule has 1 saturated heterocycles. The predicted octanol–water partition coefficient (Wildman–Crippen LogP) is 0.543. The van der Waals surface area contributed by atoms with Crippen LogP contribution in [-0.2, 0) is 4.74 Å². The fourth-order valence-corrected chi connectivity index (χ4v) is 2.18. The maximum absolute atomic E-state index is 9.22. The molecule has 1 aromatic heterocycles. The van der Waals surface area contributed by atoms with Crippen molar-refractivity contribution >= 4 is 23.5 Å². The third-order valence-electron chi connectivity index (χ3n) is 2.74. The summed E-state index contributed by atoms with van der Waals surface area (Å²) in [7, 11) is 0. The number of rotatable bonds is 4. The first kappa shape index (κ1) is 14.2. The van der Waals surface area contributed by atoms with Crippen molar-refractivity contribution in [3.63, 3.8) is 0 Å². The van der Waals surface area contributed by atoms with Crippen molar-refractivity contribution in [2.75, 3.05) is 36.5 Å². The molecule has 0 saturated carbocycles. The number of morpholine rings is 1. The van der Waals surface area contributed by atoms with E-state index in [4.69, 9.17) is 16.3 Å². The van der Waals surface area contributed by atoms with Crippen molar-refractivity contribution in [3.05, 3.63) is 5.28 Å². The second-order valence-corrected chi connectivity index (χ2v) is 4.75. The number of aliphatic hydroxyl groups is 1. The van der Waals surface area contributed by atoms with E-state index in [-0.39, 0.29) is 24.1 Å². The second kappa shape index (κ2) is 6.31. The molecule has 0 radical (unpaired) electrons. The van der Waals surface area contributed by atoms with Crippen LogP contribution in [0, 0.1) is 0 Å². The van der Waals surface area contributed by atoms with Crippen LogP contribution in [0.15, 0.2) is 0 Å². The summed E-state index contributed by atoms with van der Waals surface area (Å²) in [5.41, 5.74) is 0. The average molecular weight is 288 g/mol. The molecule has 2 heterocycles. The van der Waals surface area contributed by atoms with E-state index >= 15 is 0 Å². The van der Waals surface area contributed by atoms with Crippen molar-refractivity contribution in [3.8, 4) is 0 Å². The Balaban J connectivity index is 2.20. The van der Waals surface area contributed by atoms with Crippen LogP contribution < -0.4 is 10.2 Å². The Bertz CT molecular complexity index is 434. The number of nitrogens with one attached hydrogen (secondary N) is 1. The van der Waals surface area contributed by atoms with Gasteiger partial charge in [0.05, 0.1) is 18.8 Å². The Hall–Kier alpha value is -1.18. The zero-order valence-electron chi connectivity index (χ0n) is 11.0. The average Bonchev–Trinajstić information content (AvgIpc) is 2.37. The number of ether oxygens (including phenoxy) is 1. The summed E-state index contributed by atoms with van der Waals surface area (Å²) in [6.07, 6.45) is -0.231. The fraction of sp³-hybridized carbons (Fsp3) is 0.727. The van der Waals surface area contributed by atoms with Crippen LogP contribution in [0.25, 0.3) is 0 Å². The number of halogens is 1. The predicted molar refractivity (Wildman–Crippen MR) is 72.6 cm³/mol. The lowest BCUT2D eigenvalue weighted by Crippen LogP contribution is -2.48. The van der Waals surface area contributed by atoms with Gasteiger partial charge in [0, 0.05) is 19.6 Å². The standard InChI is InChI=1S/C11H18ClN5O2/c1-3-13-10-14-9(12)15-11(16-10)17-4-7(2)19-8(5-17)6-18/h7-8,18H,3-6H2,1-2H3,(H,13,14,15,16). The van der Waals surface area contributed by atoms with Crippen LogP contribution in [0.1, 0.15) is 13.8 Å². The summed E-state index contributed by atoms with van der Waals surface area (Å²) in [6, 6.07) is 0. The highest BCUT2D eigenvalue weighted by Crippen LogP contribution is 2.19. The van der Waals surface area contributed by atoms with Crippen molar-refractivity contribution in [1.29, 1.82) is 0 Å². The third-order valence-corrected chi connectivity index (χ3v) is 2.91. The molecule has 19 heavy (non-hydrogen) atoms. The van der Waals surface area contributed by atoms with E-state index in [0.29, 0.717) is 31.5 Å². The molecule has 1 aliphatic heterocycles. The minimum atomic E-state index is -0.234. The Morgan fingerprint density at radius 3 is 2.89 bits per heavy atom. The van der Waals surface area contributed by atoms with Crippen LogP contribution in [0.4, 0.5) is 11.9 Å². The van der Waals surface area contributed by atoms with Gasteiger partial charge in [0.1, 0.15) is 0 Å². The molecule has 1 aromatic rings. The Labute approximate surface area is 117 Å². The molecule has 106 valence electrons. The molecule has 1 aliphatic rings. The highest BCUT2D eigenvalue weighted by molar-refractivity contribution is 6.28. The second-order valence-electron chi connectivity index (χ2n) is 4.41. The molecular formula is C11H18ClN5O2. The molecule has 0 aromatic carbocycles. The van der Waals surface area contributed by atoms with Crippen LogP contribution in [0.3, 0.4) is 0 Å². The van der Waals surface area contributed by atoms with E-state index in [2.05, 4.69) is 20.3 Å². The van der Waals surface area contributed by atoms with Crippen molar-refractivity contribution in [2.24, 2.45) is 0 Å². The molecule has 2 unspecified atom stereocenters. The summed E-state index contributed by atoms with van der Waals surface area (Å²) in [4.78, 5) is 14.4. The van der Waals surface area contributed by atoms with Gasteiger partial charge in [-0.05, 0) is 25.4 Å². The lowest BCUT2D eigenvalue weighted by atomic mass is 10.2. The molecule has 0 spiro atoms. The Morgan fingerprint density at radius 1 is 1.42 bits per heavy atom. The first-order valence-electron chi connectivity index (χ1n) is 6.29. The zero-order valence-corrected chi connectivity index (χ0v) is 11.8. The zero-order chi connectivity index (χ0) is 13.8. The number of anilines is 2. The van der Waals surface area contributed by atoms with E-state index in [1.807, 2.05) is 18.7 Å². The molecule has 8 heteroatoms. The summed E-state index contributed by atoms with van der Waals surface area (Å²) in [5, 5.41) is 12.4. The minimum absolute atomic E-state index is 0.00373. The quantitative estimate of drug-likeness (QED) is 0.836. The van der Waals surface area contributed by atoms with Gasteiger partial charge in [-0.1, -0.05) is 0 Å². The fourth-order valence-electron chi connectivity index (χ4n) is 2.03. The molecule has 0 aliphatic carbocycles. The highest BCUT2D eigenvalue weighted by Gasteiger charge is 2.27. The lowest BCUT2D eigenvalue weighted by Gasteiger charge is -2.36. The van der Waals surface area contributed by atoms with Crippen molar-refractivity contribution < 1.29 is 9.84 Å². The topological polar surface area (TPSA) is 83.4 Å². The molecule has 1 fully saturated rings. The monoisotopic (exact) mass is 287 g/mol. The van der Waals surface area contributed by atoms with E-state index in [1.54, 1.807) is 0 Å². The van der Waals surface area contributed by atoms with Crippen LogP contribution in [0.2, 0.25) is 5.28 Å². The number of hydrogen-bond donors (Lipinski definition) is 2. The summed E-state index contributed by atoms with van der Waals surface area (Å²) in [6.45, 7) is 5.77.